The van der Waals surface area contributed by atoms with Gasteiger partial charge in [0.05, 0.1) is 68.3 Å². The molecule has 0 atom stereocenters. The van der Waals surface area contributed by atoms with E-state index in [4.69, 9.17) is 34.3 Å². The Bertz CT molecular complexity index is 3140. The standard InChI is InChI=1S/C45H54N14O8S3/c1-9-57(10-2)35-21-31(33(23-37(35)65-6)51-53-41-27-19-26(5)13-14-29(27)55-68-41)46-43-48-44(50-45(49-43)59(15-17-60)16-18-61)47-32-22-36(58(11-3)12-4)38(66-7)24-34(32)52-54-42-28-20-39(67-8)40(70(62,63)64)25-30(28)56-69-42/h13-14,19-25,60-61H,9-12,15-18H2,1-8H3,(H,62,63,64)(H2,46,47,48,49,50). The maximum Gasteiger partial charge on any atom is 0.298 e. The summed E-state index contributed by atoms with van der Waals surface area (Å²) in [5.74, 6) is 1.24. The minimum atomic E-state index is -4.62. The van der Waals surface area contributed by atoms with Gasteiger partial charge in [-0.3, -0.25) is 4.55 Å². The number of hydrogen-bond acceptors (Lipinski definition) is 23. The van der Waals surface area contributed by atoms with E-state index in [-0.39, 0.29) is 55.4 Å². The average Bonchev–Trinajstić information content (AvgIpc) is 3.95. The highest BCUT2D eigenvalue weighted by Gasteiger charge is 2.23. The summed E-state index contributed by atoms with van der Waals surface area (Å²) >= 11 is 2.21. The van der Waals surface area contributed by atoms with Crippen molar-refractivity contribution in [3.05, 3.63) is 60.2 Å². The molecule has 22 nitrogen and oxygen atoms in total. The normalized spacial score (nSPS) is 11.8. The number of nitrogens with one attached hydrogen (secondary N) is 2. The maximum absolute atomic E-state index is 12.1. The third kappa shape index (κ3) is 11.2. The molecule has 370 valence electrons. The molecule has 7 aromatic rings. The lowest BCUT2D eigenvalue weighted by molar-refractivity contribution is 0.280. The van der Waals surface area contributed by atoms with Gasteiger partial charge in [0, 0.05) is 62.2 Å². The summed E-state index contributed by atoms with van der Waals surface area (Å²) in [6, 6.07) is 15.8. The van der Waals surface area contributed by atoms with Gasteiger partial charge in [0.15, 0.2) is 10.0 Å². The zero-order chi connectivity index (χ0) is 50.1. The summed E-state index contributed by atoms with van der Waals surface area (Å²) in [6.07, 6.45) is 0. The van der Waals surface area contributed by atoms with Gasteiger partial charge >= 0.3 is 0 Å². The highest BCUT2D eigenvalue weighted by atomic mass is 32.2. The average molecular weight is 1020 g/mol. The highest BCUT2D eigenvalue weighted by molar-refractivity contribution is 7.86. The molecule has 0 aliphatic carbocycles. The van der Waals surface area contributed by atoms with Crippen molar-refractivity contribution in [3.63, 3.8) is 0 Å². The quantitative estimate of drug-likeness (QED) is 0.0295. The number of fused-ring (bicyclic) bond motifs is 2. The van der Waals surface area contributed by atoms with Crippen LogP contribution in [0.4, 0.5) is 62.0 Å². The number of aliphatic hydroxyl groups is 2. The molecule has 3 aromatic heterocycles. The van der Waals surface area contributed by atoms with Crippen LogP contribution in [0.1, 0.15) is 33.3 Å². The predicted molar refractivity (Wildman–Crippen MR) is 275 cm³/mol. The number of nitrogens with zero attached hydrogens (tertiary/aromatic N) is 12. The van der Waals surface area contributed by atoms with Gasteiger partial charge in [-0.15, -0.1) is 20.5 Å². The molecular weight excluding hydrogens is 961 g/mol. The molecule has 0 spiro atoms. The Morgan fingerprint density at radius 3 is 1.56 bits per heavy atom. The zero-order valence-electron chi connectivity index (χ0n) is 39.8. The van der Waals surface area contributed by atoms with Crippen LogP contribution >= 0.6 is 23.1 Å². The molecule has 25 heteroatoms. The van der Waals surface area contributed by atoms with Crippen LogP contribution in [0.5, 0.6) is 17.2 Å². The van der Waals surface area contributed by atoms with Crippen molar-refractivity contribution in [2.45, 2.75) is 39.5 Å². The lowest BCUT2D eigenvalue weighted by Crippen LogP contribution is -2.31. The van der Waals surface area contributed by atoms with Crippen molar-refractivity contribution in [1.29, 1.82) is 0 Å². The molecule has 7 rings (SSSR count). The fraction of sp³-hybridized carbons (Fsp3) is 0.356. The van der Waals surface area contributed by atoms with Crippen molar-refractivity contribution in [2.24, 2.45) is 20.5 Å². The molecule has 0 bridgehead atoms. The summed E-state index contributed by atoms with van der Waals surface area (Å²) in [5.41, 5.74) is 5.23. The third-order valence-electron chi connectivity index (χ3n) is 11.1. The van der Waals surface area contributed by atoms with Crippen LogP contribution in [0.25, 0.3) is 21.8 Å². The molecule has 70 heavy (non-hydrogen) atoms. The van der Waals surface area contributed by atoms with E-state index in [1.807, 2.05) is 65.0 Å². The van der Waals surface area contributed by atoms with Crippen molar-refractivity contribution in [2.75, 3.05) is 99.1 Å². The van der Waals surface area contributed by atoms with Gasteiger partial charge < -0.3 is 49.8 Å². The van der Waals surface area contributed by atoms with Crippen LogP contribution < -0.4 is 39.5 Å². The van der Waals surface area contributed by atoms with Crippen LogP contribution in [0.3, 0.4) is 0 Å². The Labute approximate surface area is 412 Å². The van der Waals surface area contributed by atoms with Crippen LogP contribution in [0.15, 0.2) is 79.9 Å². The lowest BCUT2D eigenvalue weighted by Gasteiger charge is -2.25. The fourth-order valence-electron chi connectivity index (χ4n) is 7.53. The molecule has 0 aliphatic rings. The first kappa shape index (κ1) is 51.0. The Kier molecular flexibility index (Phi) is 16.5. The number of aromatic nitrogens is 5. The second-order valence-electron chi connectivity index (χ2n) is 15.3. The number of benzene rings is 4. The number of anilines is 7. The van der Waals surface area contributed by atoms with E-state index in [1.54, 1.807) is 31.3 Å². The number of ether oxygens (including phenoxy) is 3. The maximum atomic E-state index is 12.1. The van der Waals surface area contributed by atoms with E-state index in [9.17, 15) is 23.2 Å². The van der Waals surface area contributed by atoms with E-state index in [1.165, 1.54) is 30.8 Å². The molecule has 0 unspecified atom stereocenters. The molecule has 0 fully saturated rings. The fourth-order valence-corrected chi connectivity index (χ4v) is 9.54. The number of methoxy groups -OCH3 is 3. The van der Waals surface area contributed by atoms with Gasteiger partial charge in [0.1, 0.15) is 33.5 Å². The molecule has 4 aromatic carbocycles. The van der Waals surface area contributed by atoms with Gasteiger partial charge in [0.2, 0.25) is 17.8 Å². The first-order chi connectivity index (χ1) is 33.8. The molecular formula is C45H54N14O8S3. The third-order valence-corrected chi connectivity index (χ3v) is 13.5. The van der Waals surface area contributed by atoms with Crippen LogP contribution in [-0.4, -0.2) is 121 Å². The first-order valence-electron chi connectivity index (χ1n) is 22.1. The molecule has 0 amide bonds. The van der Waals surface area contributed by atoms with Crippen LogP contribution in [-0.2, 0) is 10.1 Å². The Balaban J connectivity index is 1.37. The SMILES string of the molecule is CCN(CC)c1cc(Nc2nc(Nc3cc(N(CC)CC)c(OC)cc3N=Nc3snc4cc(S(=O)(=O)O)c(OC)cc34)nc(N(CCO)CCO)n2)c(N=Nc2snc3ccc(C)cc23)cc1OC. The summed E-state index contributed by atoms with van der Waals surface area (Å²) in [5, 5.41) is 47.8. The Hall–Kier alpha value is -6.90. The minimum Gasteiger partial charge on any atom is -0.495 e. The van der Waals surface area contributed by atoms with E-state index >= 15 is 0 Å². The number of aliphatic hydroxyl groups excluding tert-OH is 2. The van der Waals surface area contributed by atoms with Crippen molar-refractivity contribution < 1.29 is 37.4 Å². The van der Waals surface area contributed by atoms with E-state index in [0.717, 1.165) is 39.4 Å². The predicted octanol–water partition coefficient (Wildman–Crippen LogP) is 9.47. The van der Waals surface area contributed by atoms with Gasteiger partial charge in [-0.2, -0.15) is 32.1 Å². The number of aryl methyl sites for hydroxylation is 1. The largest absolute Gasteiger partial charge is 0.495 e. The smallest absolute Gasteiger partial charge is 0.298 e. The second-order valence-corrected chi connectivity index (χ2v) is 18.2. The lowest BCUT2D eigenvalue weighted by atomic mass is 10.2. The Morgan fingerprint density at radius 2 is 1.10 bits per heavy atom. The highest BCUT2D eigenvalue weighted by Crippen LogP contribution is 2.44. The molecule has 0 saturated carbocycles. The van der Waals surface area contributed by atoms with Crippen molar-refractivity contribution >= 4 is 117 Å². The summed E-state index contributed by atoms with van der Waals surface area (Å²) < 4.78 is 60.0. The molecule has 0 aliphatic heterocycles. The van der Waals surface area contributed by atoms with Crippen LogP contribution in [0.2, 0.25) is 0 Å². The van der Waals surface area contributed by atoms with E-state index in [0.29, 0.717) is 75.8 Å². The molecule has 0 radical (unpaired) electrons. The number of hydrogen-bond donors (Lipinski definition) is 5. The van der Waals surface area contributed by atoms with Gasteiger partial charge in [0.25, 0.3) is 10.1 Å². The van der Waals surface area contributed by atoms with E-state index < -0.39 is 15.0 Å². The molecule has 0 saturated heterocycles. The van der Waals surface area contributed by atoms with Gasteiger partial charge in [-0.05, 0) is 94.1 Å². The van der Waals surface area contributed by atoms with Crippen molar-refractivity contribution in [1.82, 2.24) is 23.7 Å². The molecule has 5 N–H and O–H groups in total. The van der Waals surface area contributed by atoms with Gasteiger partial charge in [-0.1, -0.05) is 11.6 Å². The Morgan fingerprint density at radius 1 is 0.614 bits per heavy atom. The summed E-state index contributed by atoms with van der Waals surface area (Å²) in [7, 11) is -0.178. The topological polar surface area (TPSA) is 270 Å². The number of azo groups is 2. The number of rotatable bonds is 23. The first-order valence-corrected chi connectivity index (χ1v) is 25.1. The van der Waals surface area contributed by atoms with Crippen molar-refractivity contribution in [3.8, 4) is 17.2 Å². The summed E-state index contributed by atoms with van der Waals surface area (Å²) in [4.78, 5) is 19.8. The summed E-state index contributed by atoms with van der Waals surface area (Å²) in [6.45, 7) is 12.4. The second kappa shape index (κ2) is 22.7. The van der Waals surface area contributed by atoms with Crippen LogP contribution in [0, 0.1) is 6.92 Å². The molecule has 3 heterocycles. The minimum absolute atomic E-state index is 0.0540. The van der Waals surface area contributed by atoms with E-state index in [2.05, 4.69) is 44.5 Å². The monoisotopic (exact) mass is 1010 g/mol. The zero-order valence-corrected chi connectivity index (χ0v) is 42.3. The van der Waals surface area contributed by atoms with Gasteiger partial charge in [-0.25, -0.2) is 0 Å².